The van der Waals surface area contributed by atoms with Crippen molar-refractivity contribution in [2.45, 2.75) is 94.2 Å². The van der Waals surface area contributed by atoms with Crippen molar-refractivity contribution in [2.24, 2.45) is 5.73 Å². The van der Waals surface area contributed by atoms with Crippen LogP contribution in [-0.4, -0.2) is 133 Å². The normalized spacial score (nSPS) is 16.4. The van der Waals surface area contributed by atoms with E-state index in [4.69, 9.17) is 5.73 Å². The van der Waals surface area contributed by atoms with E-state index >= 15 is 0 Å². The van der Waals surface area contributed by atoms with Gasteiger partial charge in [0.05, 0.1) is 25.3 Å². The molecule has 0 bridgehead atoms. The van der Waals surface area contributed by atoms with Crippen LogP contribution in [-0.2, 0) is 60.8 Å². The Kier molecular flexibility index (Phi) is 17.4. The predicted molar refractivity (Wildman–Crippen MR) is 203 cm³/mol. The van der Waals surface area contributed by atoms with Gasteiger partial charge in [-0.1, -0.05) is 60.7 Å². The first-order valence-electron chi connectivity index (χ1n) is 18.4. The maximum Gasteiger partial charge on any atom is 0.326 e. The molecule has 3 rings (SSSR count). The molecule has 0 unspecified atom stereocenters. The van der Waals surface area contributed by atoms with Gasteiger partial charge in [-0.05, 0) is 30.9 Å². The molecule has 1 aliphatic rings. The molecular formula is C38H47N7O14. The van der Waals surface area contributed by atoms with Gasteiger partial charge in [0.1, 0.15) is 36.3 Å². The lowest BCUT2D eigenvalue weighted by molar-refractivity contribution is -0.149. The molecule has 7 atom stereocenters. The number of aliphatic carboxylic acids is 4. The van der Waals surface area contributed by atoms with Crippen molar-refractivity contribution in [1.82, 2.24) is 31.5 Å². The van der Waals surface area contributed by atoms with Gasteiger partial charge in [0, 0.05) is 19.4 Å². The second-order valence-corrected chi connectivity index (χ2v) is 13.8. The molecule has 59 heavy (non-hydrogen) atoms. The van der Waals surface area contributed by atoms with Crippen molar-refractivity contribution in [3.05, 3.63) is 71.8 Å². The van der Waals surface area contributed by atoms with Crippen LogP contribution in [0.1, 0.15) is 50.2 Å². The van der Waals surface area contributed by atoms with Gasteiger partial charge in [0.2, 0.25) is 35.4 Å². The number of carboxylic acid groups (broad SMARTS) is 4. The van der Waals surface area contributed by atoms with Crippen LogP contribution in [0.25, 0.3) is 0 Å². The average molecular weight is 826 g/mol. The summed E-state index contributed by atoms with van der Waals surface area (Å²) in [5, 5.41) is 49.5. The molecule has 1 saturated heterocycles. The second-order valence-electron chi connectivity index (χ2n) is 13.8. The highest BCUT2D eigenvalue weighted by molar-refractivity contribution is 5.99. The summed E-state index contributed by atoms with van der Waals surface area (Å²) in [6.07, 6.45) is -3.15. The van der Waals surface area contributed by atoms with Crippen molar-refractivity contribution in [2.75, 3.05) is 6.54 Å². The molecule has 21 heteroatoms. The smallest absolute Gasteiger partial charge is 0.326 e. The van der Waals surface area contributed by atoms with Crippen LogP contribution in [0.4, 0.5) is 0 Å². The molecule has 1 fully saturated rings. The molecule has 2 aromatic carbocycles. The van der Waals surface area contributed by atoms with Crippen molar-refractivity contribution in [3.8, 4) is 0 Å². The van der Waals surface area contributed by atoms with E-state index in [-0.39, 0.29) is 25.8 Å². The predicted octanol–water partition coefficient (Wildman–Crippen LogP) is -2.26. The molecule has 21 nitrogen and oxygen atoms in total. The van der Waals surface area contributed by atoms with Gasteiger partial charge >= 0.3 is 23.9 Å². The van der Waals surface area contributed by atoms with Gasteiger partial charge < -0.3 is 57.6 Å². The van der Waals surface area contributed by atoms with Crippen LogP contribution in [0.15, 0.2) is 60.7 Å². The summed E-state index contributed by atoms with van der Waals surface area (Å²) in [6, 6.07) is 5.40. The number of nitrogens with one attached hydrogen (secondary N) is 5. The average Bonchev–Trinajstić information content (AvgIpc) is 3.67. The lowest BCUT2D eigenvalue weighted by atomic mass is 10.0. The Hall–Kier alpha value is -6.90. The number of benzene rings is 2. The third-order valence-electron chi connectivity index (χ3n) is 9.08. The van der Waals surface area contributed by atoms with Crippen molar-refractivity contribution < 1.29 is 68.4 Å². The fourth-order valence-corrected chi connectivity index (χ4v) is 6.14. The zero-order valence-electron chi connectivity index (χ0n) is 31.9. The SMILES string of the molecule is C[C@H](N)C(=O)N[C@@H](Cc1ccccc1)C(=O)N[C@@H](CC(=O)O)C(=O)N[C@@H](CC(=O)O)C(=O)N[C@@H](CC(=O)O)C(=O)N[C@@H](Cc1ccccc1)C(=O)N1CCC[C@H]1C(=O)O. The van der Waals surface area contributed by atoms with E-state index in [1.807, 2.05) is 5.32 Å². The summed E-state index contributed by atoms with van der Waals surface area (Å²) in [5.74, 6) is -12.8. The highest BCUT2D eigenvalue weighted by Crippen LogP contribution is 2.20. The number of hydrogen-bond acceptors (Lipinski definition) is 11. The molecule has 11 N–H and O–H groups in total. The Morgan fingerprint density at radius 1 is 0.576 bits per heavy atom. The minimum Gasteiger partial charge on any atom is -0.481 e. The Morgan fingerprint density at radius 2 is 0.932 bits per heavy atom. The monoisotopic (exact) mass is 825 g/mol. The number of nitrogens with two attached hydrogens (primary N) is 1. The van der Waals surface area contributed by atoms with Crippen LogP contribution in [0.3, 0.4) is 0 Å². The van der Waals surface area contributed by atoms with Crippen LogP contribution in [0, 0.1) is 0 Å². The largest absolute Gasteiger partial charge is 0.481 e. The molecule has 1 heterocycles. The minimum atomic E-state index is -2.09. The first kappa shape index (κ1) is 46.5. The van der Waals surface area contributed by atoms with Gasteiger partial charge in [-0.3, -0.25) is 43.2 Å². The van der Waals surface area contributed by atoms with Gasteiger partial charge in [-0.15, -0.1) is 0 Å². The van der Waals surface area contributed by atoms with E-state index in [0.717, 1.165) is 4.90 Å². The van der Waals surface area contributed by atoms with E-state index in [0.29, 0.717) is 17.5 Å². The van der Waals surface area contributed by atoms with Crippen molar-refractivity contribution in [1.29, 1.82) is 0 Å². The molecule has 0 spiro atoms. The van der Waals surface area contributed by atoms with E-state index in [9.17, 15) is 68.4 Å². The quantitative estimate of drug-likeness (QED) is 0.0599. The number of hydrogen-bond donors (Lipinski definition) is 10. The topological polar surface area (TPSA) is 341 Å². The van der Waals surface area contributed by atoms with Crippen LogP contribution < -0.4 is 32.3 Å². The number of carbonyl (C=O) groups is 10. The van der Waals surface area contributed by atoms with Gasteiger partial charge in [0.25, 0.3) is 0 Å². The van der Waals surface area contributed by atoms with Crippen molar-refractivity contribution >= 4 is 59.3 Å². The highest BCUT2D eigenvalue weighted by Gasteiger charge is 2.39. The first-order chi connectivity index (χ1) is 27.9. The molecule has 6 amide bonds. The third-order valence-corrected chi connectivity index (χ3v) is 9.08. The lowest BCUT2D eigenvalue weighted by Crippen LogP contribution is -2.60. The molecule has 0 aromatic heterocycles. The van der Waals surface area contributed by atoms with E-state index < -0.39 is 121 Å². The van der Waals surface area contributed by atoms with Gasteiger partial charge in [-0.2, -0.15) is 0 Å². The van der Waals surface area contributed by atoms with Gasteiger partial charge in [0.15, 0.2) is 0 Å². The molecule has 0 aliphatic carbocycles. The molecular weight excluding hydrogens is 778 g/mol. The summed E-state index contributed by atoms with van der Waals surface area (Å²) in [4.78, 5) is 129. The highest BCUT2D eigenvalue weighted by atomic mass is 16.4. The van der Waals surface area contributed by atoms with E-state index in [1.165, 1.54) is 6.92 Å². The standard InChI is InChI=1S/C38H47N7O14/c1-20(39)32(52)40-23(15-21-9-4-2-5-10-21)33(53)41-24(17-29(46)47)34(54)42-25(18-30(48)49)35(55)43-26(19-31(50)51)36(56)44-27(16-22-11-6-3-7-12-22)37(57)45-14-8-13-28(45)38(58)59/h2-7,9-12,20,23-28H,8,13-19,39H2,1H3,(H,40,52)(H,41,53)(H,42,54)(H,43,55)(H,44,56)(H,46,47)(H,48,49)(H,50,51)(H,58,59)/t20-,23-,24-,25-,26-,27-,28-/m0/s1. The van der Waals surface area contributed by atoms with Gasteiger partial charge in [-0.25, -0.2) is 4.79 Å². The molecule has 318 valence electrons. The van der Waals surface area contributed by atoms with Crippen molar-refractivity contribution in [3.63, 3.8) is 0 Å². The fraction of sp³-hybridized carbons (Fsp3) is 0.421. The maximum absolute atomic E-state index is 13.7. The van der Waals surface area contributed by atoms with E-state index in [2.05, 4.69) is 21.3 Å². The second kappa shape index (κ2) is 22.1. The molecule has 0 radical (unpaired) electrons. The summed E-state index contributed by atoms with van der Waals surface area (Å²) in [7, 11) is 0. The Labute approximate surface area is 337 Å². The summed E-state index contributed by atoms with van der Waals surface area (Å²) < 4.78 is 0. The molecule has 1 aliphatic heterocycles. The Morgan fingerprint density at radius 3 is 1.31 bits per heavy atom. The lowest BCUT2D eigenvalue weighted by Gasteiger charge is -2.29. The maximum atomic E-state index is 13.7. The van der Waals surface area contributed by atoms with Crippen LogP contribution in [0.2, 0.25) is 0 Å². The third kappa shape index (κ3) is 14.8. The Bertz CT molecular complexity index is 1880. The van der Waals surface area contributed by atoms with Crippen LogP contribution >= 0.6 is 0 Å². The number of likely N-dealkylation sites (tertiary alicyclic amines) is 1. The summed E-state index contributed by atoms with van der Waals surface area (Å²) in [6.45, 7) is 1.40. The Balaban J connectivity index is 1.85. The number of amides is 6. The summed E-state index contributed by atoms with van der Waals surface area (Å²) >= 11 is 0. The first-order valence-corrected chi connectivity index (χ1v) is 18.4. The molecule has 2 aromatic rings. The zero-order valence-corrected chi connectivity index (χ0v) is 31.9. The summed E-state index contributed by atoms with van der Waals surface area (Å²) in [5.41, 5.74) is 6.73. The van der Waals surface area contributed by atoms with E-state index in [1.54, 1.807) is 60.7 Å². The zero-order chi connectivity index (χ0) is 43.8. The number of carbonyl (C=O) groups excluding carboxylic acids is 6. The number of rotatable bonds is 22. The van der Waals surface area contributed by atoms with Crippen LogP contribution in [0.5, 0.6) is 0 Å². The molecule has 0 saturated carbocycles. The number of carboxylic acids is 4. The minimum absolute atomic E-state index is 0.0569. The fourth-order valence-electron chi connectivity index (χ4n) is 6.14. The number of nitrogens with zero attached hydrogens (tertiary/aromatic N) is 1.